The number of carbonyl (C=O) groups excluding carboxylic acids is 1. The van der Waals surface area contributed by atoms with Crippen LogP contribution in [0.2, 0.25) is 0 Å². The van der Waals surface area contributed by atoms with E-state index in [1.54, 1.807) is 6.07 Å². The summed E-state index contributed by atoms with van der Waals surface area (Å²) in [5.74, 6) is -0.108. The van der Waals surface area contributed by atoms with E-state index in [1.165, 1.54) is 17.2 Å². The molecule has 1 N–H and O–H groups in total. The van der Waals surface area contributed by atoms with Crippen LogP contribution in [-0.2, 0) is 17.6 Å². The second kappa shape index (κ2) is 9.69. The molecule has 1 aliphatic rings. The minimum Gasteiger partial charge on any atom is -0.367 e. The van der Waals surface area contributed by atoms with E-state index in [4.69, 9.17) is 0 Å². The van der Waals surface area contributed by atoms with Gasteiger partial charge in [0.2, 0.25) is 5.91 Å². The molecule has 1 fully saturated rings. The van der Waals surface area contributed by atoms with Gasteiger partial charge >= 0.3 is 0 Å². The van der Waals surface area contributed by atoms with E-state index in [9.17, 15) is 9.18 Å². The number of rotatable bonds is 7. The van der Waals surface area contributed by atoms with Gasteiger partial charge in [-0.15, -0.1) is 0 Å². The van der Waals surface area contributed by atoms with Crippen molar-refractivity contribution in [3.8, 4) is 0 Å². The number of piperazine rings is 1. The van der Waals surface area contributed by atoms with Crippen LogP contribution in [0.15, 0.2) is 42.5 Å². The van der Waals surface area contributed by atoms with Gasteiger partial charge in [-0.25, -0.2) is 4.39 Å². The molecule has 0 spiro atoms. The normalized spacial score (nSPS) is 14.9. The van der Waals surface area contributed by atoms with Gasteiger partial charge in [0.1, 0.15) is 5.82 Å². The Bertz CT molecular complexity index is 778. The van der Waals surface area contributed by atoms with Crippen LogP contribution in [0, 0.1) is 5.82 Å². The highest BCUT2D eigenvalue weighted by Gasteiger charge is 2.20. The summed E-state index contributed by atoms with van der Waals surface area (Å²) in [4.78, 5) is 16.9. The lowest BCUT2D eigenvalue weighted by Gasteiger charge is -2.36. The molecular formula is C23H30FN3O. The van der Waals surface area contributed by atoms with Crippen molar-refractivity contribution in [3.63, 3.8) is 0 Å². The van der Waals surface area contributed by atoms with Gasteiger partial charge in [0, 0.05) is 44.8 Å². The van der Waals surface area contributed by atoms with Crippen LogP contribution in [0.1, 0.15) is 31.4 Å². The summed E-state index contributed by atoms with van der Waals surface area (Å²) in [6.07, 6.45) is 2.28. The quantitative estimate of drug-likeness (QED) is 0.782. The molecule has 2 aromatic carbocycles. The Morgan fingerprint density at radius 1 is 0.964 bits per heavy atom. The van der Waals surface area contributed by atoms with Gasteiger partial charge in [-0.3, -0.25) is 9.69 Å². The van der Waals surface area contributed by atoms with E-state index in [0.29, 0.717) is 12.1 Å². The van der Waals surface area contributed by atoms with Crippen molar-refractivity contribution >= 4 is 17.3 Å². The van der Waals surface area contributed by atoms with Crippen molar-refractivity contribution in [3.05, 3.63) is 59.4 Å². The number of halogens is 1. The van der Waals surface area contributed by atoms with Crippen LogP contribution in [0.3, 0.4) is 0 Å². The summed E-state index contributed by atoms with van der Waals surface area (Å²) >= 11 is 0. The molecule has 0 aliphatic carbocycles. The zero-order valence-corrected chi connectivity index (χ0v) is 16.9. The molecule has 2 aromatic rings. The molecule has 150 valence electrons. The molecular weight excluding hydrogens is 353 g/mol. The number of anilines is 2. The van der Waals surface area contributed by atoms with E-state index in [-0.39, 0.29) is 11.7 Å². The highest BCUT2D eigenvalue weighted by molar-refractivity contribution is 5.92. The van der Waals surface area contributed by atoms with Crippen LogP contribution in [0.25, 0.3) is 0 Å². The maximum absolute atomic E-state index is 13.9. The first kappa shape index (κ1) is 20.3. The number of hydrogen-bond donors (Lipinski definition) is 1. The molecule has 3 rings (SSSR count). The highest BCUT2D eigenvalue weighted by Crippen LogP contribution is 2.23. The van der Waals surface area contributed by atoms with Crippen molar-refractivity contribution < 1.29 is 9.18 Å². The fraction of sp³-hybridized carbons (Fsp3) is 0.435. The first-order chi connectivity index (χ1) is 13.6. The lowest BCUT2D eigenvalue weighted by atomic mass is 10.0. The first-order valence-corrected chi connectivity index (χ1v) is 10.2. The largest absolute Gasteiger partial charge is 0.367 e. The van der Waals surface area contributed by atoms with Crippen molar-refractivity contribution in [1.29, 1.82) is 0 Å². The van der Waals surface area contributed by atoms with E-state index in [2.05, 4.69) is 47.2 Å². The molecule has 0 aromatic heterocycles. The molecule has 0 saturated carbocycles. The second-order valence-electron chi connectivity index (χ2n) is 7.24. The molecule has 28 heavy (non-hydrogen) atoms. The molecule has 0 bridgehead atoms. The van der Waals surface area contributed by atoms with Crippen LogP contribution >= 0.6 is 0 Å². The Morgan fingerprint density at radius 3 is 2.21 bits per heavy atom. The number of amides is 1. The van der Waals surface area contributed by atoms with E-state index < -0.39 is 0 Å². The van der Waals surface area contributed by atoms with E-state index in [1.807, 2.05) is 12.1 Å². The molecule has 1 aliphatic heterocycles. The molecule has 0 atom stereocenters. The van der Waals surface area contributed by atoms with Gasteiger partial charge < -0.3 is 10.2 Å². The van der Waals surface area contributed by atoms with Crippen LogP contribution in [0.5, 0.6) is 0 Å². The summed E-state index contributed by atoms with van der Waals surface area (Å²) in [5.41, 5.74) is 4.03. The number of aryl methyl sites for hydroxylation is 2. The average molecular weight is 384 g/mol. The number of hydrogen-bond acceptors (Lipinski definition) is 3. The summed E-state index contributed by atoms with van der Waals surface area (Å²) in [5, 5.41) is 3.14. The number of nitrogens with one attached hydrogen (secondary N) is 1. The third kappa shape index (κ3) is 4.90. The number of para-hydroxylation sites is 2. The Balaban J connectivity index is 1.50. The topological polar surface area (TPSA) is 35.6 Å². The highest BCUT2D eigenvalue weighted by atomic mass is 19.1. The first-order valence-electron chi connectivity index (χ1n) is 10.2. The predicted octanol–water partition coefficient (Wildman–Crippen LogP) is 4.10. The van der Waals surface area contributed by atoms with Gasteiger partial charge in [-0.05, 0) is 36.1 Å². The summed E-state index contributed by atoms with van der Waals surface area (Å²) in [6.45, 7) is 8.19. The minimum absolute atomic E-state index is 0.0622. The molecule has 0 radical (unpaired) electrons. The smallest absolute Gasteiger partial charge is 0.225 e. The van der Waals surface area contributed by atoms with Crippen LogP contribution in [0.4, 0.5) is 15.8 Å². The molecule has 0 unspecified atom stereocenters. The standard InChI is InChI=1S/C23H30FN3O/c1-3-18-8-7-9-19(4-2)23(18)25-22(28)12-13-26-14-16-27(17-15-26)21-11-6-5-10-20(21)24/h5-11H,3-4,12-17H2,1-2H3,(H,25,28). The molecule has 5 heteroatoms. The number of carbonyl (C=O) groups is 1. The fourth-order valence-corrected chi connectivity index (χ4v) is 3.79. The van der Waals surface area contributed by atoms with Gasteiger partial charge in [0.15, 0.2) is 0 Å². The van der Waals surface area contributed by atoms with Crippen molar-refractivity contribution in [2.75, 3.05) is 42.9 Å². The van der Waals surface area contributed by atoms with Gasteiger partial charge in [-0.2, -0.15) is 0 Å². The maximum Gasteiger partial charge on any atom is 0.225 e. The molecule has 1 saturated heterocycles. The van der Waals surface area contributed by atoms with Gasteiger partial charge in [0.25, 0.3) is 0 Å². The summed E-state index contributed by atoms with van der Waals surface area (Å²) < 4.78 is 13.9. The van der Waals surface area contributed by atoms with E-state index in [0.717, 1.165) is 51.3 Å². The third-order valence-electron chi connectivity index (χ3n) is 5.48. The molecule has 1 heterocycles. The monoisotopic (exact) mass is 383 g/mol. The van der Waals surface area contributed by atoms with E-state index >= 15 is 0 Å². The average Bonchev–Trinajstić information content (AvgIpc) is 2.73. The third-order valence-corrected chi connectivity index (χ3v) is 5.48. The van der Waals surface area contributed by atoms with Gasteiger partial charge in [-0.1, -0.05) is 44.2 Å². The summed E-state index contributed by atoms with van der Waals surface area (Å²) in [7, 11) is 0. The lowest BCUT2D eigenvalue weighted by Crippen LogP contribution is -2.47. The van der Waals surface area contributed by atoms with Gasteiger partial charge in [0.05, 0.1) is 5.69 Å². The fourth-order valence-electron chi connectivity index (χ4n) is 3.79. The Labute approximate surface area is 167 Å². The maximum atomic E-state index is 13.9. The van der Waals surface area contributed by atoms with Crippen molar-refractivity contribution in [2.24, 2.45) is 0 Å². The zero-order valence-electron chi connectivity index (χ0n) is 16.9. The molecule has 4 nitrogen and oxygen atoms in total. The Morgan fingerprint density at radius 2 is 1.61 bits per heavy atom. The summed E-state index contributed by atoms with van der Waals surface area (Å²) in [6, 6.07) is 13.1. The molecule has 1 amide bonds. The second-order valence-corrected chi connectivity index (χ2v) is 7.24. The SMILES string of the molecule is CCc1cccc(CC)c1NC(=O)CCN1CCN(c2ccccc2F)CC1. The number of nitrogens with zero attached hydrogens (tertiary/aromatic N) is 2. The predicted molar refractivity (Wildman–Crippen MR) is 113 cm³/mol. The van der Waals surface area contributed by atoms with Crippen LogP contribution < -0.4 is 10.2 Å². The van der Waals surface area contributed by atoms with Crippen molar-refractivity contribution in [2.45, 2.75) is 33.1 Å². The van der Waals surface area contributed by atoms with Crippen LogP contribution in [-0.4, -0.2) is 43.5 Å². The Kier molecular flexibility index (Phi) is 7.04. The minimum atomic E-state index is -0.170. The Hall–Kier alpha value is -2.40. The zero-order chi connectivity index (χ0) is 19.9. The van der Waals surface area contributed by atoms with Crippen molar-refractivity contribution in [1.82, 2.24) is 4.90 Å². The number of benzene rings is 2. The lowest BCUT2D eigenvalue weighted by molar-refractivity contribution is -0.116.